The maximum atomic E-state index is 10.2. The summed E-state index contributed by atoms with van der Waals surface area (Å²) in [5.74, 6) is -0.0443. The second kappa shape index (κ2) is 7.33. The molecule has 0 bridgehead atoms. The minimum Gasteiger partial charge on any atom is -0.545 e. The van der Waals surface area contributed by atoms with Crippen molar-refractivity contribution in [1.82, 2.24) is 0 Å². The first-order valence-corrected chi connectivity index (χ1v) is 4.28. The van der Waals surface area contributed by atoms with Crippen molar-refractivity contribution >= 4 is 12.0 Å². The molecule has 1 rings (SSSR count). The third kappa shape index (κ3) is 4.26. The zero-order valence-electron chi connectivity index (χ0n) is 9.52. The molecule has 0 unspecified atom stereocenters. The fourth-order valence-electron chi connectivity index (χ4n) is 1.11. The van der Waals surface area contributed by atoms with Gasteiger partial charge in [0.25, 0.3) is 0 Å². The van der Waals surface area contributed by atoms with Gasteiger partial charge in [0.1, 0.15) is 11.5 Å². The molecule has 0 fully saturated rings. The first-order valence-electron chi connectivity index (χ1n) is 4.28. The van der Waals surface area contributed by atoms with E-state index in [0.29, 0.717) is 17.1 Å². The van der Waals surface area contributed by atoms with Gasteiger partial charge < -0.3 is 19.4 Å². The maximum absolute atomic E-state index is 10.2. The van der Waals surface area contributed by atoms with Gasteiger partial charge in [-0.1, -0.05) is 0 Å². The molecule has 0 aliphatic carbocycles. The zero-order chi connectivity index (χ0) is 11.3. The summed E-state index contributed by atoms with van der Waals surface area (Å²) < 4.78 is 10.1. The van der Waals surface area contributed by atoms with Crippen LogP contribution in [0.1, 0.15) is 5.56 Å². The predicted octanol–water partition coefficient (Wildman–Crippen LogP) is -2.53. The summed E-state index contributed by atoms with van der Waals surface area (Å²) in [5.41, 5.74) is 0.655. The second-order valence-electron chi connectivity index (χ2n) is 2.76. The number of hydrogen-bond acceptors (Lipinski definition) is 4. The fourth-order valence-corrected chi connectivity index (χ4v) is 1.11. The topological polar surface area (TPSA) is 58.6 Å². The Labute approximate surface area is 116 Å². The van der Waals surface area contributed by atoms with Crippen LogP contribution in [0.25, 0.3) is 6.08 Å². The Balaban J connectivity index is 0.00000225. The second-order valence-corrected chi connectivity index (χ2v) is 2.76. The Morgan fingerprint density at radius 2 is 2.00 bits per heavy atom. The molecule has 0 heterocycles. The monoisotopic (exact) mass is 230 g/mol. The Hall–Kier alpha value is -0.970. The van der Waals surface area contributed by atoms with E-state index < -0.39 is 5.97 Å². The Bertz CT molecular complexity index is 388. The van der Waals surface area contributed by atoms with E-state index >= 15 is 0 Å². The Morgan fingerprint density at radius 3 is 2.50 bits per heavy atom. The van der Waals surface area contributed by atoms with E-state index in [1.165, 1.54) is 13.2 Å². The number of benzene rings is 1. The normalized spacial score (nSPS) is 9.62. The summed E-state index contributed by atoms with van der Waals surface area (Å²) in [6, 6.07) is 5.10. The smallest absolute Gasteiger partial charge is 0.545 e. The van der Waals surface area contributed by atoms with Gasteiger partial charge in [-0.25, -0.2) is 0 Å². The molecule has 0 saturated heterocycles. The molecule has 1 aromatic rings. The van der Waals surface area contributed by atoms with E-state index in [4.69, 9.17) is 9.47 Å². The zero-order valence-corrected chi connectivity index (χ0v) is 11.5. The summed E-state index contributed by atoms with van der Waals surface area (Å²) in [5, 5.41) is 10.2. The minimum absolute atomic E-state index is 0. The molecule has 0 aliphatic rings. The number of carboxylic acid groups (broad SMARTS) is 1. The maximum Gasteiger partial charge on any atom is 1.00 e. The van der Waals surface area contributed by atoms with Crippen LogP contribution in [0.2, 0.25) is 0 Å². The van der Waals surface area contributed by atoms with Crippen LogP contribution >= 0.6 is 0 Å². The average Bonchev–Trinajstić information content (AvgIpc) is 2.25. The summed E-state index contributed by atoms with van der Waals surface area (Å²) in [4.78, 5) is 10.2. The van der Waals surface area contributed by atoms with E-state index in [-0.39, 0.29) is 29.6 Å². The van der Waals surface area contributed by atoms with Gasteiger partial charge in [-0.2, -0.15) is 0 Å². The van der Waals surface area contributed by atoms with Crippen molar-refractivity contribution in [3.05, 3.63) is 29.8 Å². The van der Waals surface area contributed by atoms with Gasteiger partial charge in [0.2, 0.25) is 0 Å². The van der Waals surface area contributed by atoms with Crippen molar-refractivity contribution in [3.63, 3.8) is 0 Å². The van der Waals surface area contributed by atoms with Gasteiger partial charge in [0, 0.05) is 11.6 Å². The van der Waals surface area contributed by atoms with Gasteiger partial charge >= 0.3 is 29.6 Å². The standard InChI is InChI=1S/C11H12O4.Na/c1-14-9-5-3-8(4-6-11(12)13)10(7-9)15-2;/h3-7H,1-2H3,(H,12,13);/q;+1/p-1/b6-4+;. The summed E-state index contributed by atoms with van der Waals surface area (Å²) >= 11 is 0. The summed E-state index contributed by atoms with van der Waals surface area (Å²) in [7, 11) is 3.05. The number of methoxy groups -OCH3 is 2. The van der Waals surface area contributed by atoms with Crippen LogP contribution in [0.5, 0.6) is 11.5 Å². The van der Waals surface area contributed by atoms with Gasteiger partial charge in [-0.3, -0.25) is 0 Å². The average molecular weight is 230 g/mol. The third-order valence-electron chi connectivity index (χ3n) is 1.84. The van der Waals surface area contributed by atoms with Crippen molar-refractivity contribution in [2.75, 3.05) is 14.2 Å². The van der Waals surface area contributed by atoms with Crippen molar-refractivity contribution in [2.24, 2.45) is 0 Å². The van der Waals surface area contributed by atoms with Crippen LogP contribution in [-0.4, -0.2) is 20.2 Å². The Morgan fingerprint density at radius 1 is 1.31 bits per heavy atom. The van der Waals surface area contributed by atoms with Gasteiger partial charge in [-0.15, -0.1) is 0 Å². The predicted molar refractivity (Wildman–Crippen MR) is 53.6 cm³/mol. The van der Waals surface area contributed by atoms with Crippen LogP contribution in [0.4, 0.5) is 0 Å². The molecule has 0 aromatic heterocycles. The number of aliphatic carboxylic acids is 1. The van der Waals surface area contributed by atoms with Gasteiger partial charge in [0.05, 0.1) is 20.2 Å². The number of rotatable bonds is 4. The van der Waals surface area contributed by atoms with Crippen molar-refractivity contribution in [3.8, 4) is 11.5 Å². The Kier molecular flexibility index (Phi) is 6.88. The molecule has 0 aliphatic heterocycles. The first kappa shape index (κ1) is 15.0. The minimum atomic E-state index is -1.24. The molecular formula is C11H11NaO4. The van der Waals surface area contributed by atoms with Crippen molar-refractivity contribution in [1.29, 1.82) is 0 Å². The van der Waals surface area contributed by atoms with Crippen molar-refractivity contribution < 1.29 is 48.9 Å². The van der Waals surface area contributed by atoms with E-state index in [1.807, 2.05) is 0 Å². The molecule has 0 spiro atoms. The van der Waals surface area contributed by atoms with E-state index in [0.717, 1.165) is 6.08 Å². The number of hydrogen-bond donors (Lipinski definition) is 0. The summed E-state index contributed by atoms with van der Waals surface area (Å²) in [6.07, 6.45) is 2.36. The summed E-state index contributed by atoms with van der Waals surface area (Å²) in [6.45, 7) is 0. The largest absolute Gasteiger partial charge is 1.00 e. The van der Waals surface area contributed by atoms with E-state index in [1.54, 1.807) is 25.3 Å². The number of carbonyl (C=O) groups excluding carboxylic acids is 1. The first-order chi connectivity index (χ1) is 7.17. The molecule has 0 saturated carbocycles. The molecule has 0 radical (unpaired) electrons. The number of ether oxygens (including phenoxy) is 2. The molecule has 0 amide bonds. The van der Waals surface area contributed by atoms with Gasteiger partial charge in [0.15, 0.2) is 0 Å². The fraction of sp³-hybridized carbons (Fsp3) is 0.182. The van der Waals surface area contributed by atoms with Crippen molar-refractivity contribution in [2.45, 2.75) is 0 Å². The number of carbonyl (C=O) groups is 1. The number of carboxylic acids is 1. The van der Waals surface area contributed by atoms with Crippen LogP contribution in [0, 0.1) is 0 Å². The van der Waals surface area contributed by atoms with Crippen LogP contribution in [-0.2, 0) is 4.79 Å². The molecule has 16 heavy (non-hydrogen) atoms. The van der Waals surface area contributed by atoms with Crippen LogP contribution in [0.3, 0.4) is 0 Å². The molecule has 0 atom stereocenters. The molecule has 0 N–H and O–H groups in total. The quantitative estimate of drug-likeness (QED) is 0.423. The van der Waals surface area contributed by atoms with E-state index in [9.17, 15) is 9.90 Å². The third-order valence-corrected chi connectivity index (χ3v) is 1.84. The molecular weight excluding hydrogens is 219 g/mol. The molecule has 4 nitrogen and oxygen atoms in total. The molecule has 80 valence electrons. The van der Waals surface area contributed by atoms with Crippen LogP contribution < -0.4 is 44.1 Å². The molecule has 1 aromatic carbocycles. The molecule has 5 heteroatoms. The van der Waals surface area contributed by atoms with E-state index in [2.05, 4.69) is 0 Å². The SMILES string of the molecule is COc1ccc(/C=C/C(=O)[O-])c(OC)c1.[Na+]. The van der Waals surface area contributed by atoms with Crippen LogP contribution in [0.15, 0.2) is 24.3 Å². The van der Waals surface area contributed by atoms with Gasteiger partial charge in [-0.05, 0) is 24.3 Å².